The van der Waals surface area contributed by atoms with Crippen molar-refractivity contribution in [3.05, 3.63) is 83.3 Å². The van der Waals surface area contributed by atoms with E-state index in [1.54, 1.807) is 18.5 Å². The minimum Gasteiger partial charge on any atom is -0.378 e. The number of methoxy groups -OCH3 is 1. The molecule has 4 aromatic rings. The lowest BCUT2D eigenvalue weighted by Crippen LogP contribution is -2.16. The van der Waals surface area contributed by atoms with Gasteiger partial charge in [-0.15, -0.1) is 0 Å². The van der Waals surface area contributed by atoms with E-state index in [0.717, 1.165) is 23.3 Å². The van der Waals surface area contributed by atoms with Gasteiger partial charge in [-0.25, -0.2) is 9.50 Å². The van der Waals surface area contributed by atoms with Crippen LogP contribution in [-0.4, -0.2) is 27.6 Å². The van der Waals surface area contributed by atoms with E-state index < -0.39 is 17.6 Å². The third-order valence-corrected chi connectivity index (χ3v) is 4.99. The Morgan fingerprint density at radius 1 is 1.12 bits per heavy atom. The molecule has 0 radical (unpaired) electrons. The highest BCUT2D eigenvalue weighted by Gasteiger charge is 2.30. The molecule has 6 nitrogen and oxygen atoms in total. The number of hydrogen-bond acceptors (Lipinski definition) is 4. The fourth-order valence-electron chi connectivity index (χ4n) is 3.47. The zero-order valence-electron chi connectivity index (χ0n) is 17.3. The highest BCUT2D eigenvalue weighted by atomic mass is 19.4. The molecule has 0 bridgehead atoms. The smallest absolute Gasteiger partial charge is 0.378 e. The van der Waals surface area contributed by atoms with Gasteiger partial charge in [-0.2, -0.15) is 18.3 Å². The molecule has 0 fully saturated rings. The number of nitrogens with one attached hydrogen (secondary N) is 1. The van der Waals surface area contributed by atoms with Gasteiger partial charge in [0.1, 0.15) is 0 Å². The van der Waals surface area contributed by atoms with Crippen molar-refractivity contribution in [3.8, 4) is 11.1 Å². The second kappa shape index (κ2) is 8.43. The molecule has 0 aliphatic rings. The molecule has 0 aliphatic heterocycles. The second-order valence-corrected chi connectivity index (χ2v) is 7.15. The zero-order valence-corrected chi connectivity index (χ0v) is 17.3. The minimum atomic E-state index is -4.50. The average molecular weight is 440 g/mol. The minimum absolute atomic E-state index is 0.0369. The lowest BCUT2D eigenvalue weighted by Gasteiger charge is -2.11. The summed E-state index contributed by atoms with van der Waals surface area (Å²) in [5.41, 5.74) is 2.79. The van der Waals surface area contributed by atoms with Gasteiger partial charge in [-0.1, -0.05) is 36.4 Å². The van der Waals surface area contributed by atoms with Crippen molar-refractivity contribution in [2.75, 3.05) is 12.4 Å². The number of ether oxygens (including phenoxy) is 1. The topological polar surface area (TPSA) is 68.5 Å². The van der Waals surface area contributed by atoms with Crippen LogP contribution >= 0.6 is 0 Å². The maximum absolute atomic E-state index is 13.0. The number of alkyl halides is 3. The molecule has 4 rings (SSSR count). The van der Waals surface area contributed by atoms with E-state index >= 15 is 0 Å². The van der Waals surface area contributed by atoms with Gasteiger partial charge in [0.2, 0.25) is 0 Å². The highest BCUT2D eigenvalue weighted by Crippen LogP contribution is 2.31. The molecule has 9 heteroatoms. The van der Waals surface area contributed by atoms with E-state index in [-0.39, 0.29) is 17.9 Å². The van der Waals surface area contributed by atoms with Gasteiger partial charge in [0.05, 0.1) is 34.7 Å². The van der Waals surface area contributed by atoms with Crippen LogP contribution in [-0.2, 0) is 17.5 Å². The maximum Gasteiger partial charge on any atom is 0.416 e. The van der Waals surface area contributed by atoms with E-state index in [1.165, 1.54) is 18.3 Å². The van der Waals surface area contributed by atoms with Crippen molar-refractivity contribution >= 4 is 17.2 Å². The molecule has 2 heterocycles. The summed E-state index contributed by atoms with van der Waals surface area (Å²) in [6, 6.07) is 14.0. The van der Waals surface area contributed by atoms with E-state index in [9.17, 15) is 18.0 Å². The molecule has 0 spiro atoms. The van der Waals surface area contributed by atoms with Gasteiger partial charge in [0.15, 0.2) is 5.65 Å². The first-order valence-electron chi connectivity index (χ1n) is 9.69. The third-order valence-electron chi connectivity index (χ3n) is 4.99. The van der Waals surface area contributed by atoms with Crippen LogP contribution in [0.5, 0.6) is 0 Å². The number of amides is 1. The van der Waals surface area contributed by atoms with Gasteiger partial charge in [-0.05, 0) is 30.7 Å². The summed E-state index contributed by atoms with van der Waals surface area (Å²) in [7, 11) is 1.56. The molecule has 0 aliphatic carbocycles. The Morgan fingerprint density at radius 3 is 2.56 bits per heavy atom. The molecule has 0 saturated heterocycles. The zero-order chi connectivity index (χ0) is 22.9. The van der Waals surface area contributed by atoms with Gasteiger partial charge >= 0.3 is 6.18 Å². The van der Waals surface area contributed by atoms with Crippen LogP contribution in [0.15, 0.2) is 60.8 Å². The lowest BCUT2D eigenvalue weighted by molar-refractivity contribution is -0.137. The predicted octanol–water partition coefficient (Wildman–Crippen LogP) is 5.12. The molecular formula is C23H19F3N4O2. The first-order valence-corrected chi connectivity index (χ1v) is 9.69. The summed E-state index contributed by atoms with van der Waals surface area (Å²) in [6.45, 7) is 1.95. The molecule has 32 heavy (non-hydrogen) atoms. The van der Waals surface area contributed by atoms with Crippen molar-refractivity contribution in [2.24, 2.45) is 0 Å². The molecule has 0 unspecified atom stereocenters. The Bertz CT molecular complexity index is 1280. The summed E-state index contributed by atoms with van der Waals surface area (Å²) in [6.07, 6.45) is -3.10. The molecule has 2 aromatic carbocycles. The monoisotopic (exact) mass is 440 g/mol. The van der Waals surface area contributed by atoms with E-state index in [2.05, 4.69) is 15.4 Å². The van der Waals surface area contributed by atoms with Crippen LogP contribution < -0.4 is 5.32 Å². The fourth-order valence-corrected chi connectivity index (χ4v) is 3.47. The summed E-state index contributed by atoms with van der Waals surface area (Å²) in [4.78, 5) is 17.3. The lowest BCUT2D eigenvalue weighted by atomic mass is 10.1. The number of fused-ring (bicyclic) bond motifs is 1. The molecule has 2 aromatic heterocycles. The van der Waals surface area contributed by atoms with Crippen LogP contribution in [0.3, 0.4) is 0 Å². The van der Waals surface area contributed by atoms with Crippen LogP contribution in [0, 0.1) is 6.92 Å². The Kier molecular flexibility index (Phi) is 5.67. The van der Waals surface area contributed by atoms with Gasteiger partial charge in [-0.3, -0.25) is 4.79 Å². The number of aromatic nitrogens is 3. The van der Waals surface area contributed by atoms with Crippen molar-refractivity contribution in [1.29, 1.82) is 0 Å². The largest absolute Gasteiger partial charge is 0.416 e. The Balaban J connectivity index is 1.74. The third kappa shape index (κ3) is 4.06. The average Bonchev–Trinajstić information content (AvgIpc) is 3.13. The molecule has 164 valence electrons. The fraction of sp³-hybridized carbons (Fsp3) is 0.174. The predicted molar refractivity (Wildman–Crippen MR) is 113 cm³/mol. The number of carbonyl (C=O) groups excluding carboxylic acids is 1. The quantitative estimate of drug-likeness (QED) is 0.468. The Morgan fingerprint density at radius 2 is 1.88 bits per heavy atom. The summed E-state index contributed by atoms with van der Waals surface area (Å²) in [5.74, 6) is -0.582. The molecule has 1 amide bonds. The molecule has 0 atom stereocenters. The first-order chi connectivity index (χ1) is 15.3. The highest BCUT2D eigenvalue weighted by molar-refractivity contribution is 6.05. The number of aryl methyl sites for hydroxylation is 1. The number of anilines is 1. The van der Waals surface area contributed by atoms with Crippen molar-refractivity contribution in [2.45, 2.75) is 19.7 Å². The van der Waals surface area contributed by atoms with E-state index in [4.69, 9.17) is 4.74 Å². The number of halogens is 3. The molecular weight excluding hydrogens is 421 g/mol. The summed E-state index contributed by atoms with van der Waals surface area (Å²) >= 11 is 0. The normalized spacial score (nSPS) is 11.7. The van der Waals surface area contributed by atoms with Crippen molar-refractivity contribution in [3.63, 3.8) is 0 Å². The molecule has 0 saturated carbocycles. The van der Waals surface area contributed by atoms with Crippen LogP contribution in [0.2, 0.25) is 0 Å². The Hall–Kier alpha value is -3.72. The summed E-state index contributed by atoms with van der Waals surface area (Å²) in [5, 5.41) is 7.08. The number of carbonyl (C=O) groups is 1. The summed E-state index contributed by atoms with van der Waals surface area (Å²) < 4.78 is 45.7. The number of hydrogen-bond donors (Lipinski definition) is 1. The number of nitrogens with zero attached hydrogens (tertiary/aromatic N) is 3. The standard InChI is InChI=1S/C23H19F3N4O2/c1-14-18(22(31)28-17-10-6-9-16(11-17)23(24,25)26)12-27-21-20(15-7-4-3-5-8-15)19(13-32-2)29-30(14)21/h3-12H,13H2,1-2H3,(H,28,31). The van der Waals surface area contributed by atoms with Gasteiger partial charge in [0, 0.05) is 19.0 Å². The maximum atomic E-state index is 13.0. The second-order valence-electron chi connectivity index (χ2n) is 7.15. The van der Waals surface area contributed by atoms with Gasteiger partial charge < -0.3 is 10.1 Å². The number of rotatable bonds is 5. The van der Waals surface area contributed by atoms with Crippen LogP contribution in [0.1, 0.15) is 27.3 Å². The van der Waals surface area contributed by atoms with Crippen molar-refractivity contribution < 1.29 is 22.7 Å². The Labute approximate surface area is 181 Å². The van der Waals surface area contributed by atoms with Crippen LogP contribution in [0.4, 0.5) is 18.9 Å². The molecule has 1 N–H and O–H groups in total. The van der Waals surface area contributed by atoms with E-state index in [1.807, 2.05) is 30.3 Å². The first kappa shape index (κ1) is 21.5. The van der Waals surface area contributed by atoms with Crippen molar-refractivity contribution in [1.82, 2.24) is 14.6 Å². The van der Waals surface area contributed by atoms with Gasteiger partial charge in [0.25, 0.3) is 5.91 Å². The SMILES string of the molecule is COCc1nn2c(C)c(C(=O)Nc3cccc(C(F)(F)F)c3)cnc2c1-c1ccccc1. The van der Waals surface area contributed by atoms with Crippen LogP contribution in [0.25, 0.3) is 16.8 Å². The number of benzene rings is 2. The van der Waals surface area contributed by atoms with E-state index in [0.29, 0.717) is 17.0 Å².